The minimum Gasteiger partial charge on any atom is -0.322 e. The molecule has 0 saturated heterocycles. The summed E-state index contributed by atoms with van der Waals surface area (Å²) in [5, 5.41) is 3.13. The molecule has 0 aromatic heterocycles. The molecular formula is C29H28ClN3O5S2. The minimum absolute atomic E-state index is 0.0174. The Balaban J connectivity index is 1.46. The van der Waals surface area contributed by atoms with E-state index in [1.807, 2.05) is 31.2 Å². The van der Waals surface area contributed by atoms with Gasteiger partial charge >= 0.3 is 0 Å². The lowest BCUT2D eigenvalue weighted by molar-refractivity contribution is 0.102. The zero-order valence-corrected chi connectivity index (χ0v) is 24.4. The van der Waals surface area contributed by atoms with Gasteiger partial charge in [-0.15, -0.1) is 0 Å². The summed E-state index contributed by atoms with van der Waals surface area (Å²) in [6.07, 6.45) is 1.14. The first-order valence-electron chi connectivity index (χ1n) is 12.2. The molecule has 4 aromatic rings. The minimum atomic E-state index is -3.88. The molecule has 8 nitrogen and oxygen atoms in total. The average Bonchev–Trinajstić information content (AvgIpc) is 2.90. The highest BCUT2D eigenvalue weighted by Gasteiger charge is 2.20. The molecule has 0 unspecified atom stereocenters. The average molecular weight is 598 g/mol. The SMILES string of the molecule is Cc1ccccc1CN(c1ccc(C(=O)Nc2ccc(S(=O)(=O)Nc3cc(Cl)ccc3C)cc2)cc1)S(C)(=O)=O. The summed E-state index contributed by atoms with van der Waals surface area (Å²) in [6, 6.07) is 24.4. The van der Waals surface area contributed by atoms with Crippen LogP contribution >= 0.6 is 11.6 Å². The molecule has 2 N–H and O–H groups in total. The van der Waals surface area contributed by atoms with E-state index < -0.39 is 26.0 Å². The largest absolute Gasteiger partial charge is 0.322 e. The number of nitrogens with zero attached hydrogens (tertiary/aromatic N) is 1. The molecule has 40 heavy (non-hydrogen) atoms. The normalized spacial score (nSPS) is 11.6. The third-order valence-corrected chi connectivity index (χ3v) is 9.02. The van der Waals surface area contributed by atoms with E-state index in [2.05, 4.69) is 10.0 Å². The van der Waals surface area contributed by atoms with Crippen LogP contribution in [0.4, 0.5) is 17.1 Å². The topological polar surface area (TPSA) is 113 Å². The molecule has 0 aliphatic rings. The Morgan fingerprint density at radius 2 is 1.48 bits per heavy atom. The lowest BCUT2D eigenvalue weighted by Gasteiger charge is -2.23. The summed E-state index contributed by atoms with van der Waals surface area (Å²) >= 11 is 5.99. The molecule has 4 rings (SSSR count). The standard InChI is InChI=1S/C29H28ClN3O5S2/c1-20-6-4-5-7-23(20)19-33(39(3,35)36)26-14-9-22(10-15-26)29(34)31-25-12-16-27(17-13-25)40(37,38)32-28-18-24(30)11-8-21(28)2/h4-18,32H,19H2,1-3H3,(H,31,34). The van der Waals surface area contributed by atoms with E-state index in [1.165, 1.54) is 46.8 Å². The molecule has 0 radical (unpaired) electrons. The number of benzene rings is 4. The Morgan fingerprint density at radius 1 is 0.825 bits per heavy atom. The van der Waals surface area contributed by atoms with E-state index in [4.69, 9.17) is 11.6 Å². The van der Waals surface area contributed by atoms with Gasteiger partial charge in [-0.1, -0.05) is 41.9 Å². The molecule has 0 bridgehead atoms. The highest BCUT2D eigenvalue weighted by molar-refractivity contribution is 7.92. The third kappa shape index (κ3) is 7.01. The molecule has 0 fully saturated rings. The number of halogens is 1. The van der Waals surface area contributed by atoms with Crippen molar-refractivity contribution in [3.63, 3.8) is 0 Å². The fraction of sp³-hybridized carbons (Fsp3) is 0.138. The summed E-state index contributed by atoms with van der Waals surface area (Å²) in [6.45, 7) is 3.85. The number of sulfonamides is 2. The van der Waals surface area contributed by atoms with Crippen LogP contribution in [-0.2, 0) is 26.6 Å². The van der Waals surface area contributed by atoms with Crippen molar-refractivity contribution in [2.75, 3.05) is 20.6 Å². The van der Waals surface area contributed by atoms with Gasteiger partial charge in [-0.2, -0.15) is 0 Å². The van der Waals surface area contributed by atoms with Crippen LogP contribution in [0.1, 0.15) is 27.0 Å². The summed E-state index contributed by atoms with van der Waals surface area (Å²) in [7, 11) is -7.46. The Hall–Kier alpha value is -3.86. The highest BCUT2D eigenvalue weighted by atomic mass is 35.5. The lowest BCUT2D eigenvalue weighted by atomic mass is 10.1. The van der Waals surface area contributed by atoms with Crippen molar-refractivity contribution in [1.29, 1.82) is 0 Å². The molecule has 4 aromatic carbocycles. The molecule has 1 amide bonds. The number of rotatable bonds is 9. The summed E-state index contributed by atoms with van der Waals surface area (Å²) in [4.78, 5) is 12.9. The van der Waals surface area contributed by atoms with E-state index >= 15 is 0 Å². The number of hydrogen-bond acceptors (Lipinski definition) is 5. The van der Waals surface area contributed by atoms with Crippen molar-refractivity contribution in [3.05, 3.63) is 118 Å². The van der Waals surface area contributed by atoms with Gasteiger partial charge in [0.15, 0.2) is 0 Å². The van der Waals surface area contributed by atoms with E-state index in [0.717, 1.165) is 22.9 Å². The van der Waals surface area contributed by atoms with Crippen LogP contribution in [0.15, 0.2) is 95.9 Å². The monoisotopic (exact) mass is 597 g/mol. The molecule has 208 valence electrons. The zero-order valence-electron chi connectivity index (χ0n) is 22.1. The molecule has 0 spiro atoms. The maximum atomic E-state index is 12.8. The third-order valence-electron chi connectivity index (χ3n) is 6.26. The summed E-state index contributed by atoms with van der Waals surface area (Å²) in [5.74, 6) is -0.431. The van der Waals surface area contributed by atoms with Crippen molar-refractivity contribution in [2.45, 2.75) is 25.3 Å². The number of carbonyl (C=O) groups excluding carboxylic acids is 1. The van der Waals surface area contributed by atoms with Gasteiger partial charge in [0.05, 0.1) is 29.1 Å². The van der Waals surface area contributed by atoms with Gasteiger partial charge in [0.25, 0.3) is 15.9 Å². The van der Waals surface area contributed by atoms with Crippen molar-refractivity contribution < 1.29 is 21.6 Å². The van der Waals surface area contributed by atoms with Crippen LogP contribution in [-0.4, -0.2) is 29.0 Å². The Labute approximate surface area is 239 Å². The summed E-state index contributed by atoms with van der Waals surface area (Å²) in [5.41, 5.74) is 4.07. The smallest absolute Gasteiger partial charge is 0.261 e. The second-order valence-electron chi connectivity index (χ2n) is 9.29. The van der Waals surface area contributed by atoms with Crippen LogP contribution in [0, 0.1) is 13.8 Å². The first kappa shape index (κ1) is 29.1. The van der Waals surface area contributed by atoms with E-state index in [1.54, 1.807) is 31.2 Å². The van der Waals surface area contributed by atoms with Crippen LogP contribution in [0.3, 0.4) is 0 Å². The second kappa shape index (κ2) is 11.7. The van der Waals surface area contributed by atoms with Crippen molar-refractivity contribution in [2.24, 2.45) is 0 Å². The van der Waals surface area contributed by atoms with E-state index in [-0.39, 0.29) is 11.4 Å². The van der Waals surface area contributed by atoms with Crippen LogP contribution in [0.5, 0.6) is 0 Å². The van der Waals surface area contributed by atoms with Gasteiger partial charge in [0.1, 0.15) is 0 Å². The quantitative estimate of drug-likeness (QED) is 0.247. The molecule has 0 atom stereocenters. The van der Waals surface area contributed by atoms with Crippen molar-refractivity contribution in [1.82, 2.24) is 0 Å². The predicted octanol–water partition coefficient (Wildman–Crippen LogP) is 5.98. The second-order valence-corrected chi connectivity index (χ2v) is 13.3. The van der Waals surface area contributed by atoms with Gasteiger partial charge in [-0.25, -0.2) is 16.8 Å². The number of anilines is 3. The maximum Gasteiger partial charge on any atom is 0.261 e. The number of aryl methyl sites for hydroxylation is 2. The molecule has 0 aliphatic heterocycles. The number of hydrogen-bond donors (Lipinski definition) is 2. The number of nitrogens with one attached hydrogen (secondary N) is 2. The zero-order chi connectivity index (χ0) is 29.1. The van der Waals surface area contributed by atoms with Gasteiger partial charge in [-0.05, 0) is 91.2 Å². The van der Waals surface area contributed by atoms with Gasteiger partial charge in [0.2, 0.25) is 10.0 Å². The summed E-state index contributed by atoms with van der Waals surface area (Å²) < 4.78 is 54.5. The molecule has 0 saturated carbocycles. The van der Waals surface area contributed by atoms with E-state index in [0.29, 0.717) is 27.6 Å². The van der Waals surface area contributed by atoms with Crippen molar-refractivity contribution >= 4 is 54.6 Å². The predicted molar refractivity (Wildman–Crippen MR) is 160 cm³/mol. The lowest BCUT2D eigenvalue weighted by Crippen LogP contribution is -2.29. The van der Waals surface area contributed by atoms with Gasteiger partial charge in [-0.3, -0.25) is 13.8 Å². The van der Waals surface area contributed by atoms with Crippen LogP contribution < -0.4 is 14.3 Å². The van der Waals surface area contributed by atoms with Gasteiger partial charge in [0, 0.05) is 16.3 Å². The maximum absolute atomic E-state index is 12.8. The molecule has 11 heteroatoms. The Kier molecular flexibility index (Phi) is 8.53. The number of amides is 1. The fourth-order valence-electron chi connectivity index (χ4n) is 3.95. The first-order chi connectivity index (χ1) is 18.8. The van der Waals surface area contributed by atoms with Crippen LogP contribution in [0.2, 0.25) is 5.02 Å². The number of carbonyl (C=O) groups is 1. The fourth-order valence-corrected chi connectivity index (χ4v) is 6.12. The van der Waals surface area contributed by atoms with Crippen LogP contribution in [0.25, 0.3) is 0 Å². The van der Waals surface area contributed by atoms with E-state index in [9.17, 15) is 21.6 Å². The first-order valence-corrected chi connectivity index (χ1v) is 15.9. The van der Waals surface area contributed by atoms with Gasteiger partial charge < -0.3 is 5.32 Å². The molecular weight excluding hydrogens is 570 g/mol. The van der Waals surface area contributed by atoms with Crippen molar-refractivity contribution in [3.8, 4) is 0 Å². The Bertz CT molecular complexity index is 1760. The Morgan fingerprint density at radius 3 is 2.10 bits per heavy atom. The highest BCUT2D eigenvalue weighted by Crippen LogP contribution is 2.25. The molecule has 0 heterocycles. The molecule has 0 aliphatic carbocycles.